The summed E-state index contributed by atoms with van der Waals surface area (Å²) in [5.74, 6) is 0.0411. The van der Waals surface area contributed by atoms with Gasteiger partial charge in [0.05, 0.1) is 72.7 Å². The minimum atomic E-state index is -0.0608. The van der Waals surface area contributed by atoms with E-state index in [0.29, 0.717) is 79.2 Å². The van der Waals surface area contributed by atoms with E-state index in [0.717, 1.165) is 0 Å². The molecule has 0 aliphatic rings. The fraction of sp³-hybridized carbons (Fsp3) is 0.895. The molecule has 0 aromatic carbocycles. The quantitative estimate of drug-likeness (QED) is 0.274. The van der Waals surface area contributed by atoms with Gasteiger partial charge in [0.2, 0.25) is 5.91 Å². The van der Waals surface area contributed by atoms with Gasteiger partial charge in [0.25, 0.3) is 0 Å². The normalized spacial score (nSPS) is 11.1. The van der Waals surface area contributed by atoms with Gasteiger partial charge in [-0.2, -0.15) is 0 Å². The molecule has 0 rings (SSSR count). The number of ether oxygens (including phenoxy) is 6. The molecule has 0 spiro atoms. The highest BCUT2D eigenvalue weighted by Gasteiger charge is 2.06. The van der Waals surface area contributed by atoms with E-state index in [-0.39, 0.29) is 24.2 Å². The molecule has 0 aromatic rings. The van der Waals surface area contributed by atoms with Crippen molar-refractivity contribution in [2.45, 2.75) is 20.8 Å². The van der Waals surface area contributed by atoms with Crippen LogP contribution in [-0.4, -0.2) is 97.5 Å². The highest BCUT2D eigenvalue weighted by atomic mass is 16.6. The molecule has 28 heavy (non-hydrogen) atoms. The predicted octanol–water partition coefficient (Wildman–Crippen LogP) is 0.447. The Kier molecular flexibility index (Phi) is 19.8. The number of carbonyl (C=O) groups is 2. The molecule has 0 aromatic heterocycles. The summed E-state index contributed by atoms with van der Waals surface area (Å²) >= 11 is 0. The third kappa shape index (κ3) is 21.2. The minimum Gasteiger partial charge on any atom is -0.377 e. The smallest absolute Gasteiger partial charge is 0.216 e. The fourth-order valence-electron chi connectivity index (χ4n) is 1.74. The Balaban J connectivity index is 3.07. The van der Waals surface area contributed by atoms with E-state index in [1.807, 2.05) is 13.8 Å². The molecule has 1 N–H and O–H groups in total. The molecule has 0 radical (unpaired) electrons. The summed E-state index contributed by atoms with van der Waals surface area (Å²) in [7, 11) is 0. The van der Waals surface area contributed by atoms with Gasteiger partial charge in [-0.05, 0) is 0 Å². The van der Waals surface area contributed by atoms with Gasteiger partial charge in [0.15, 0.2) is 5.78 Å². The van der Waals surface area contributed by atoms with Crippen molar-refractivity contribution in [1.82, 2.24) is 5.32 Å². The Morgan fingerprint density at radius 1 is 0.643 bits per heavy atom. The molecule has 0 aliphatic heterocycles. The van der Waals surface area contributed by atoms with Crippen LogP contribution < -0.4 is 5.32 Å². The standard InChI is InChI=1S/C19H37NO8/c1-17(2)19(22)16-28-15-14-27-13-12-26-11-10-25-9-8-24-7-6-23-5-4-20-18(3)21/h17H,4-16H2,1-3H3,(H,20,21). The van der Waals surface area contributed by atoms with E-state index in [9.17, 15) is 9.59 Å². The van der Waals surface area contributed by atoms with Gasteiger partial charge in [-0.1, -0.05) is 13.8 Å². The van der Waals surface area contributed by atoms with Crippen LogP contribution in [-0.2, 0) is 38.0 Å². The van der Waals surface area contributed by atoms with Gasteiger partial charge in [-0.25, -0.2) is 0 Å². The van der Waals surface area contributed by atoms with Crippen molar-refractivity contribution in [2.24, 2.45) is 5.92 Å². The molecule has 166 valence electrons. The SMILES string of the molecule is CC(=O)NCCOCCOCCOCCOCCOCCOCC(=O)C(C)C. The van der Waals surface area contributed by atoms with Crippen LogP contribution in [0.3, 0.4) is 0 Å². The average Bonchev–Trinajstić information content (AvgIpc) is 2.65. The molecule has 0 saturated carbocycles. The van der Waals surface area contributed by atoms with Crippen molar-refractivity contribution in [2.75, 3.05) is 85.8 Å². The van der Waals surface area contributed by atoms with E-state index < -0.39 is 0 Å². The second-order valence-electron chi connectivity index (χ2n) is 6.22. The molecular weight excluding hydrogens is 370 g/mol. The van der Waals surface area contributed by atoms with Gasteiger partial charge >= 0.3 is 0 Å². The number of Topliss-reactive ketones (excluding diaryl/α,β-unsaturated/α-hetero) is 1. The van der Waals surface area contributed by atoms with Crippen molar-refractivity contribution < 1.29 is 38.0 Å². The van der Waals surface area contributed by atoms with E-state index in [2.05, 4.69) is 5.32 Å². The summed E-state index contributed by atoms with van der Waals surface area (Å²) in [4.78, 5) is 21.9. The summed E-state index contributed by atoms with van der Waals surface area (Å²) in [5.41, 5.74) is 0. The lowest BCUT2D eigenvalue weighted by molar-refractivity contribution is -0.127. The van der Waals surface area contributed by atoms with Crippen LogP contribution in [0, 0.1) is 5.92 Å². The van der Waals surface area contributed by atoms with Crippen LogP contribution in [0.5, 0.6) is 0 Å². The third-order valence-corrected chi connectivity index (χ3v) is 3.37. The minimum absolute atomic E-state index is 0.00393. The van der Waals surface area contributed by atoms with E-state index in [4.69, 9.17) is 28.4 Å². The monoisotopic (exact) mass is 407 g/mol. The highest BCUT2D eigenvalue weighted by molar-refractivity contribution is 5.81. The molecule has 9 nitrogen and oxygen atoms in total. The van der Waals surface area contributed by atoms with Crippen molar-refractivity contribution >= 4 is 11.7 Å². The topological polar surface area (TPSA) is 102 Å². The molecule has 0 unspecified atom stereocenters. The molecule has 9 heteroatoms. The number of ketones is 1. The van der Waals surface area contributed by atoms with E-state index in [1.165, 1.54) is 6.92 Å². The second kappa shape index (κ2) is 20.6. The maximum absolute atomic E-state index is 11.3. The summed E-state index contributed by atoms with van der Waals surface area (Å²) in [5, 5.41) is 2.65. The molecule has 0 aliphatic carbocycles. The maximum atomic E-state index is 11.3. The lowest BCUT2D eigenvalue weighted by Crippen LogP contribution is -2.25. The number of nitrogens with one attached hydrogen (secondary N) is 1. The van der Waals surface area contributed by atoms with Crippen LogP contribution in [0.25, 0.3) is 0 Å². The van der Waals surface area contributed by atoms with Gasteiger partial charge in [-0.15, -0.1) is 0 Å². The van der Waals surface area contributed by atoms with Crippen LogP contribution in [0.1, 0.15) is 20.8 Å². The molecule has 0 heterocycles. The Hall–Kier alpha value is -1.10. The number of hydrogen-bond donors (Lipinski definition) is 1. The number of amides is 1. The third-order valence-electron chi connectivity index (χ3n) is 3.37. The first-order valence-corrected chi connectivity index (χ1v) is 9.77. The van der Waals surface area contributed by atoms with Gasteiger partial charge in [-0.3, -0.25) is 9.59 Å². The summed E-state index contributed by atoms with van der Waals surface area (Å²) in [6.07, 6.45) is 0. The predicted molar refractivity (Wildman–Crippen MR) is 103 cm³/mol. The van der Waals surface area contributed by atoms with E-state index >= 15 is 0 Å². The Morgan fingerprint density at radius 2 is 1.00 bits per heavy atom. The highest BCUT2D eigenvalue weighted by Crippen LogP contribution is 1.94. The average molecular weight is 408 g/mol. The van der Waals surface area contributed by atoms with Crippen LogP contribution in [0.4, 0.5) is 0 Å². The summed E-state index contributed by atoms with van der Waals surface area (Å²) in [6.45, 7) is 11.1. The molecule has 1 amide bonds. The van der Waals surface area contributed by atoms with E-state index in [1.54, 1.807) is 0 Å². The molecule has 0 atom stereocenters. The zero-order chi connectivity index (χ0) is 20.9. The molecule has 0 fully saturated rings. The van der Waals surface area contributed by atoms with Crippen molar-refractivity contribution in [3.05, 3.63) is 0 Å². The Labute approximate surface area is 168 Å². The van der Waals surface area contributed by atoms with Gasteiger partial charge < -0.3 is 33.7 Å². The van der Waals surface area contributed by atoms with Crippen molar-refractivity contribution in [3.8, 4) is 0 Å². The first kappa shape index (κ1) is 26.9. The second-order valence-corrected chi connectivity index (χ2v) is 6.22. The first-order chi connectivity index (χ1) is 13.5. The van der Waals surface area contributed by atoms with Gasteiger partial charge in [0, 0.05) is 19.4 Å². The zero-order valence-electron chi connectivity index (χ0n) is 17.5. The van der Waals surface area contributed by atoms with Crippen LogP contribution in [0.2, 0.25) is 0 Å². The summed E-state index contributed by atoms with van der Waals surface area (Å²) < 4.78 is 31.9. The van der Waals surface area contributed by atoms with Crippen molar-refractivity contribution in [3.63, 3.8) is 0 Å². The van der Waals surface area contributed by atoms with Crippen molar-refractivity contribution in [1.29, 1.82) is 0 Å². The number of hydrogen-bond acceptors (Lipinski definition) is 8. The largest absolute Gasteiger partial charge is 0.377 e. The zero-order valence-corrected chi connectivity index (χ0v) is 17.5. The fourth-order valence-corrected chi connectivity index (χ4v) is 1.74. The Morgan fingerprint density at radius 3 is 1.36 bits per heavy atom. The summed E-state index contributed by atoms with van der Waals surface area (Å²) in [6, 6.07) is 0. The molecule has 0 saturated heterocycles. The van der Waals surface area contributed by atoms with Gasteiger partial charge in [0.1, 0.15) is 6.61 Å². The maximum Gasteiger partial charge on any atom is 0.216 e. The van der Waals surface area contributed by atoms with Crippen LogP contribution >= 0.6 is 0 Å². The van der Waals surface area contributed by atoms with Crippen LogP contribution in [0.15, 0.2) is 0 Å². The number of rotatable bonds is 21. The molecular formula is C19H37NO8. The number of carbonyl (C=O) groups excluding carboxylic acids is 2. The first-order valence-electron chi connectivity index (χ1n) is 9.77. The lowest BCUT2D eigenvalue weighted by Gasteiger charge is -2.08. The Bertz CT molecular complexity index is 379. The lowest BCUT2D eigenvalue weighted by atomic mass is 10.1. The molecule has 0 bridgehead atoms.